The fourth-order valence-electron chi connectivity index (χ4n) is 4.17. The first-order chi connectivity index (χ1) is 14.3. The average Bonchev–Trinajstić information content (AvgIpc) is 2.71. The summed E-state index contributed by atoms with van der Waals surface area (Å²) in [6.07, 6.45) is 2.11. The highest BCUT2D eigenvalue weighted by Gasteiger charge is 2.43. The SMILES string of the molecule is CC(C)=CCc1c(O)c2c(c3c1OC(=O)C[C@@H]3c1ccccc1)O[C@H](C)[C@H](C)C2=O. The molecular weight excluding hydrogens is 380 g/mol. The molecule has 5 nitrogen and oxygen atoms in total. The lowest BCUT2D eigenvalue weighted by atomic mass is 9.79. The summed E-state index contributed by atoms with van der Waals surface area (Å²) in [6.45, 7) is 7.56. The van der Waals surface area contributed by atoms with E-state index in [-0.39, 0.29) is 47.4 Å². The molecule has 0 aromatic heterocycles. The number of allylic oxidation sites excluding steroid dienone is 2. The molecule has 1 N–H and O–H groups in total. The number of Topliss-reactive ketones (excluding diaryl/α,β-unsaturated/α-hetero) is 1. The van der Waals surface area contributed by atoms with Gasteiger partial charge in [-0.25, -0.2) is 0 Å². The van der Waals surface area contributed by atoms with Gasteiger partial charge >= 0.3 is 5.97 Å². The number of carbonyl (C=O) groups excluding carboxylic acids is 2. The molecule has 2 heterocycles. The third kappa shape index (κ3) is 3.28. The summed E-state index contributed by atoms with van der Waals surface area (Å²) >= 11 is 0. The minimum atomic E-state index is -0.376. The quantitative estimate of drug-likeness (QED) is 0.444. The van der Waals surface area contributed by atoms with E-state index in [1.54, 1.807) is 6.92 Å². The van der Waals surface area contributed by atoms with E-state index in [4.69, 9.17) is 9.47 Å². The molecule has 3 atom stereocenters. The van der Waals surface area contributed by atoms with Crippen LogP contribution in [0.5, 0.6) is 17.2 Å². The normalized spacial score (nSPS) is 22.5. The number of phenolic OH excluding ortho intramolecular Hbond substituents is 1. The molecule has 2 aromatic carbocycles. The maximum Gasteiger partial charge on any atom is 0.312 e. The van der Waals surface area contributed by atoms with Gasteiger partial charge in [-0.3, -0.25) is 9.59 Å². The number of carbonyl (C=O) groups is 2. The van der Waals surface area contributed by atoms with Crippen molar-refractivity contribution in [3.63, 3.8) is 0 Å². The Morgan fingerprint density at radius 1 is 1.13 bits per heavy atom. The fraction of sp³-hybridized carbons (Fsp3) is 0.360. The minimum Gasteiger partial charge on any atom is -0.507 e. The monoisotopic (exact) mass is 406 g/mol. The molecule has 0 bridgehead atoms. The van der Waals surface area contributed by atoms with Crippen molar-refractivity contribution < 1.29 is 24.2 Å². The molecule has 156 valence electrons. The number of esters is 1. The van der Waals surface area contributed by atoms with Crippen LogP contribution in [0.1, 0.15) is 67.1 Å². The van der Waals surface area contributed by atoms with Crippen molar-refractivity contribution in [1.82, 2.24) is 0 Å². The highest BCUT2D eigenvalue weighted by Crippen LogP contribution is 2.53. The molecule has 5 heteroatoms. The van der Waals surface area contributed by atoms with Crippen LogP contribution >= 0.6 is 0 Å². The lowest BCUT2D eigenvalue weighted by molar-refractivity contribution is -0.135. The molecule has 0 aliphatic carbocycles. The van der Waals surface area contributed by atoms with Crippen molar-refractivity contribution in [1.29, 1.82) is 0 Å². The molecule has 2 aliphatic rings. The van der Waals surface area contributed by atoms with Crippen LogP contribution in [0.4, 0.5) is 0 Å². The summed E-state index contributed by atoms with van der Waals surface area (Å²) in [6, 6.07) is 9.67. The summed E-state index contributed by atoms with van der Waals surface area (Å²) in [4.78, 5) is 25.7. The first kappa shape index (κ1) is 20.2. The van der Waals surface area contributed by atoms with Gasteiger partial charge in [-0.05, 0) is 32.8 Å². The predicted molar refractivity (Wildman–Crippen MR) is 113 cm³/mol. The Morgan fingerprint density at radius 2 is 1.83 bits per heavy atom. The van der Waals surface area contributed by atoms with Crippen molar-refractivity contribution in [3.05, 3.63) is 64.2 Å². The van der Waals surface area contributed by atoms with Gasteiger partial charge in [-0.1, -0.05) is 48.9 Å². The third-order valence-electron chi connectivity index (χ3n) is 6.03. The summed E-state index contributed by atoms with van der Waals surface area (Å²) < 4.78 is 11.8. The van der Waals surface area contributed by atoms with Crippen molar-refractivity contribution in [2.45, 2.75) is 52.6 Å². The van der Waals surface area contributed by atoms with Crippen LogP contribution in [0.25, 0.3) is 0 Å². The van der Waals surface area contributed by atoms with E-state index in [0.29, 0.717) is 29.0 Å². The van der Waals surface area contributed by atoms with E-state index in [1.165, 1.54) is 0 Å². The largest absolute Gasteiger partial charge is 0.507 e. The van der Waals surface area contributed by atoms with Crippen LogP contribution in [-0.4, -0.2) is 23.0 Å². The van der Waals surface area contributed by atoms with E-state index in [0.717, 1.165) is 11.1 Å². The number of aromatic hydroxyl groups is 1. The predicted octanol–water partition coefficient (Wildman–Crippen LogP) is 4.94. The lowest BCUT2D eigenvalue weighted by Gasteiger charge is -2.35. The highest BCUT2D eigenvalue weighted by molar-refractivity contribution is 6.05. The van der Waals surface area contributed by atoms with Crippen LogP contribution in [0, 0.1) is 5.92 Å². The molecule has 30 heavy (non-hydrogen) atoms. The van der Waals surface area contributed by atoms with Crippen LogP contribution in [-0.2, 0) is 11.2 Å². The third-order valence-corrected chi connectivity index (χ3v) is 6.03. The molecule has 0 spiro atoms. The number of hydrogen-bond acceptors (Lipinski definition) is 5. The fourth-order valence-corrected chi connectivity index (χ4v) is 4.17. The molecule has 0 amide bonds. The molecule has 0 saturated carbocycles. The van der Waals surface area contributed by atoms with E-state index < -0.39 is 0 Å². The minimum absolute atomic E-state index is 0.147. The molecule has 0 saturated heterocycles. The molecule has 0 fully saturated rings. The van der Waals surface area contributed by atoms with Crippen LogP contribution < -0.4 is 9.47 Å². The zero-order valence-electron chi connectivity index (χ0n) is 17.7. The maximum absolute atomic E-state index is 13.2. The molecular formula is C25H26O5. The number of ether oxygens (including phenoxy) is 2. The van der Waals surface area contributed by atoms with Crippen molar-refractivity contribution in [3.8, 4) is 17.2 Å². The highest BCUT2D eigenvalue weighted by atomic mass is 16.5. The Labute approximate surface area is 176 Å². The smallest absolute Gasteiger partial charge is 0.312 e. The number of fused-ring (bicyclic) bond motifs is 3. The second kappa shape index (κ2) is 7.63. The van der Waals surface area contributed by atoms with E-state index in [2.05, 4.69) is 0 Å². The van der Waals surface area contributed by atoms with Gasteiger partial charge in [0.1, 0.15) is 28.9 Å². The standard InChI is InChI=1S/C25H26O5/c1-13(2)10-11-17-23(28)21-22(27)14(3)15(4)29-25(21)20-18(12-19(26)30-24(17)20)16-8-6-5-7-9-16/h5-10,14-15,18,28H,11-12H2,1-4H3/t14-,15+,18+/m0/s1. The summed E-state index contributed by atoms with van der Waals surface area (Å²) in [5.41, 5.74) is 3.34. The molecule has 2 aliphatic heterocycles. The van der Waals surface area contributed by atoms with Crippen LogP contribution in [0.2, 0.25) is 0 Å². The van der Waals surface area contributed by atoms with Crippen molar-refractivity contribution in [2.75, 3.05) is 0 Å². The van der Waals surface area contributed by atoms with Crippen LogP contribution in [0.3, 0.4) is 0 Å². The number of phenols is 1. The first-order valence-corrected chi connectivity index (χ1v) is 10.3. The van der Waals surface area contributed by atoms with Gasteiger partial charge < -0.3 is 14.6 Å². The zero-order valence-corrected chi connectivity index (χ0v) is 17.7. The van der Waals surface area contributed by atoms with E-state index in [9.17, 15) is 14.7 Å². The van der Waals surface area contributed by atoms with Gasteiger partial charge in [0.2, 0.25) is 0 Å². The number of benzene rings is 2. The van der Waals surface area contributed by atoms with Crippen LogP contribution in [0.15, 0.2) is 42.0 Å². The lowest BCUT2D eigenvalue weighted by Crippen LogP contribution is -2.35. The Kier molecular flexibility index (Phi) is 5.14. The summed E-state index contributed by atoms with van der Waals surface area (Å²) in [7, 11) is 0. The Balaban J connectivity index is 2.04. The van der Waals surface area contributed by atoms with Crippen molar-refractivity contribution in [2.24, 2.45) is 5.92 Å². The van der Waals surface area contributed by atoms with Gasteiger partial charge in [0, 0.05) is 17.0 Å². The molecule has 2 aromatic rings. The Bertz CT molecular complexity index is 1050. The molecule has 0 radical (unpaired) electrons. The first-order valence-electron chi connectivity index (χ1n) is 10.3. The maximum atomic E-state index is 13.2. The van der Waals surface area contributed by atoms with Gasteiger partial charge in [-0.2, -0.15) is 0 Å². The topological polar surface area (TPSA) is 72.8 Å². The number of hydrogen-bond donors (Lipinski definition) is 1. The van der Waals surface area contributed by atoms with E-state index >= 15 is 0 Å². The van der Waals surface area contributed by atoms with Crippen molar-refractivity contribution >= 4 is 11.8 Å². The van der Waals surface area contributed by atoms with Gasteiger partial charge in [0.05, 0.1) is 12.3 Å². The second-order valence-corrected chi connectivity index (χ2v) is 8.38. The average molecular weight is 406 g/mol. The molecule has 4 rings (SSSR count). The second-order valence-electron chi connectivity index (χ2n) is 8.38. The van der Waals surface area contributed by atoms with Gasteiger partial charge in [-0.15, -0.1) is 0 Å². The molecule has 0 unspecified atom stereocenters. The number of ketones is 1. The van der Waals surface area contributed by atoms with E-state index in [1.807, 2.05) is 57.2 Å². The Hall–Kier alpha value is -3.08. The summed E-state index contributed by atoms with van der Waals surface area (Å²) in [5.74, 6) is -0.672. The van der Waals surface area contributed by atoms with Gasteiger partial charge in [0.25, 0.3) is 0 Å². The van der Waals surface area contributed by atoms with Gasteiger partial charge in [0.15, 0.2) is 5.78 Å². The zero-order chi connectivity index (χ0) is 21.6. The summed E-state index contributed by atoms with van der Waals surface area (Å²) in [5, 5.41) is 11.1. The number of rotatable bonds is 3. The Morgan fingerprint density at radius 3 is 2.50 bits per heavy atom.